The van der Waals surface area contributed by atoms with Gasteiger partial charge in [-0.05, 0) is 38.5 Å². The molecule has 0 aliphatic rings. The van der Waals surface area contributed by atoms with E-state index in [2.05, 4.69) is 31.3 Å². The molecule has 0 aromatic carbocycles. The van der Waals surface area contributed by atoms with Crippen molar-refractivity contribution in [1.29, 1.82) is 0 Å². The molecule has 0 saturated heterocycles. The monoisotopic (exact) mass is 988 g/mol. The van der Waals surface area contributed by atoms with Crippen LogP contribution in [-0.4, -0.2) is 46.1 Å². The van der Waals surface area contributed by atoms with Crippen LogP contribution in [0.4, 0.5) is 0 Å². The number of aliphatic hydroxyl groups excluding tert-OH is 3. The lowest BCUT2D eigenvalue weighted by Gasteiger charge is -2.23. The van der Waals surface area contributed by atoms with E-state index in [9.17, 15) is 20.1 Å². The maximum atomic E-state index is 12.6. The summed E-state index contributed by atoms with van der Waals surface area (Å²) in [5.41, 5.74) is 0. The molecule has 0 aromatic rings. The van der Waals surface area contributed by atoms with Gasteiger partial charge in [0.2, 0.25) is 5.91 Å². The number of unbranched alkanes of at least 4 members (excludes halogenated alkanes) is 51. The van der Waals surface area contributed by atoms with E-state index in [1.54, 1.807) is 0 Å². The quantitative estimate of drug-likeness (QED) is 0.0361. The first kappa shape index (κ1) is 69.1. The Kier molecular flexibility index (Phi) is 59.9. The smallest absolute Gasteiger partial charge is 0.249 e. The van der Waals surface area contributed by atoms with E-state index in [1.165, 1.54) is 315 Å². The molecule has 5 nitrogen and oxygen atoms in total. The first-order chi connectivity index (χ1) is 34.6. The number of carbonyl (C=O) groups excluding carboxylic acids is 1. The summed E-state index contributed by atoms with van der Waals surface area (Å²) in [4.78, 5) is 12.6. The van der Waals surface area contributed by atoms with Gasteiger partial charge in [0.25, 0.3) is 0 Å². The molecule has 0 spiro atoms. The van der Waals surface area contributed by atoms with Crippen LogP contribution >= 0.6 is 0 Å². The molecule has 0 aliphatic heterocycles. The van der Waals surface area contributed by atoms with Crippen molar-refractivity contribution >= 4 is 5.91 Å². The average Bonchev–Trinajstić information content (AvgIpc) is 3.36. The van der Waals surface area contributed by atoms with Crippen molar-refractivity contribution < 1.29 is 20.1 Å². The van der Waals surface area contributed by atoms with Crippen LogP contribution < -0.4 is 5.32 Å². The maximum absolute atomic E-state index is 12.6. The number of aliphatic hydroxyl groups is 3. The summed E-state index contributed by atoms with van der Waals surface area (Å²) in [6.45, 7) is 4.29. The minimum absolute atomic E-state index is 0.309. The zero-order valence-electron chi connectivity index (χ0n) is 47.9. The highest BCUT2D eigenvalue weighted by atomic mass is 16.3. The van der Waals surface area contributed by atoms with Gasteiger partial charge >= 0.3 is 0 Å². The molecule has 418 valence electrons. The number of allylic oxidation sites excluding steroid dienone is 2. The van der Waals surface area contributed by atoms with E-state index in [0.29, 0.717) is 12.8 Å². The van der Waals surface area contributed by atoms with E-state index in [4.69, 9.17) is 0 Å². The van der Waals surface area contributed by atoms with Crippen molar-refractivity contribution in [2.75, 3.05) is 6.61 Å². The fourth-order valence-electron chi connectivity index (χ4n) is 10.6. The van der Waals surface area contributed by atoms with Gasteiger partial charge in [-0.3, -0.25) is 4.79 Å². The Morgan fingerprint density at radius 1 is 0.329 bits per heavy atom. The lowest BCUT2D eigenvalue weighted by molar-refractivity contribution is -0.131. The van der Waals surface area contributed by atoms with Gasteiger partial charge in [0.05, 0.1) is 18.8 Å². The highest BCUT2D eigenvalue weighted by Gasteiger charge is 2.23. The normalized spacial score (nSPS) is 13.2. The molecule has 1 amide bonds. The Bertz CT molecular complexity index is 1000. The summed E-state index contributed by atoms with van der Waals surface area (Å²) < 4.78 is 0. The summed E-state index contributed by atoms with van der Waals surface area (Å²) in [5, 5.41) is 33.7. The van der Waals surface area contributed by atoms with E-state index < -0.39 is 24.2 Å². The van der Waals surface area contributed by atoms with Gasteiger partial charge in [-0.1, -0.05) is 347 Å². The fourth-order valence-corrected chi connectivity index (χ4v) is 10.6. The van der Waals surface area contributed by atoms with Crippen LogP contribution in [0.2, 0.25) is 0 Å². The molecule has 4 N–H and O–H groups in total. The number of rotatable bonds is 61. The topological polar surface area (TPSA) is 89.8 Å². The predicted octanol–water partition coefficient (Wildman–Crippen LogP) is 20.6. The fraction of sp³-hybridized carbons (Fsp3) is 0.954. The summed E-state index contributed by atoms with van der Waals surface area (Å²) in [5.74, 6) is -0.462. The Hall–Kier alpha value is -0.910. The van der Waals surface area contributed by atoms with Gasteiger partial charge in [0, 0.05) is 0 Å². The number of carbonyl (C=O) groups is 1. The Morgan fingerprint density at radius 2 is 0.543 bits per heavy atom. The third-order valence-corrected chi connectivity index (χ3v) is 15.6. The third kappa shape index (κ3) is 54.9. The zero-order chi connectivity index (χ0) is 50.7. The predicted molar refractivity (Wildman–Crippen MR) is 310 cm³/mol. The van der Waals surface area contributed by atoms with Gasteiger partial charge in [0.1, 0.15) is 6.10 Å². The number of amides is 1. The molecular weight excluding hydrogens is 859 g/mol. The third-order valence-electron chi connectivity index (χ3n) is 15.6. The van der Waals surface area contributed by atoms with Crippen LogP contribution in [0.3, 0.4) is 0 Å². The SMILES string of the molecule is CCCCCCCCCCCCCC/C=C\CCCCCCCCCCCCCCCCCCC(O)C(=O)NC(CO)C(O)CCCCCCCCCCCCCCCCCCCCCCCCCC. The van der Waals surface area contributed by atoms with Crippen molar-refractivity contribution in [2.24, 2.45) is 0 Å². The second-order valence-electron chi connectivity index (χ2n) is 22.7. The molecule has 3 unspecified atom stereocenters. The van der Waals surface area contributed by atoms with Gasteiger partial charge in [0.15, 0.2) is 0 Å². The van der Waals surface area contributed by atoms with Gasteiger partial charge in [-0.15, -0.1) is 0 Å². The molecule has 0 aliphatic carbocycles. The number of nitrogens with one attached hydrogen (secondary N) is 1. The van der Waals surface area contributed by atoms with Crippen molar-refractivity contribution in [2.45, 2.75) is 392 Å². The molecule has 0 fully saturated rings. The molecule has 70 heavy (non-hydrogen) atoms. The maximum Gasteiger partial charge on any atom is 0.249 e. The molecular formula is C65H129NO4. The second-order valence-corrected chi connectivity index (χ2v) is 22.7. The highest BCUT2D eigenvalue weighted by molar-refractivity contribution is 5.80. The van der Waals surface area contributed by atoms with Crippen LogP contribution in [0.1, 0.15) is 373 Å². The van der Waals surface area contributed by atoms with E-state index in [1.807, 2.05) is 0 Å². The lowest BCUT2D eigenvalue weighted by atomic mass is 10.0. The van der Waals surface area contributed by atoms with Crippen molar-refractivity contribution in [1.82, 2.24) is 5.32 Å². The molecule has 0 saturated carbocycles. The van der Waals surface area contributed by atoms with Gasteiger partial charge in [-0.25, -0.2) is 0 Å². The Balaban J connectivity index is 3.46. The summed E-state index contributed by atoms with van der Waals surface area (Å²) in [6.07, 6.45) is 77.3. The molecule has 0 radical (unpaired) electrons. The Labute approximate surface area is 440 Å². The molecule has 0 bridgehead atoms. The second kappa shape index (κ2) is 60.6. The minimum atomic E-state index is -1.07. The van der Waals surface area contributed by atoms with Crippen molar-refractivity contribution in [3.8, 4) is 0 Å². The minimum Gasteiger partial charge on any atom is -0.394 e. The van der Waals surface area contributed by atoms with Crippen LogP contribution in [-0.2, 0) is 4.79 Å². The van der Waals surface area contributed by atoms with E-state index in [-0.39, 0.29) is 6.61 Å². The first-order valence-electron chi connectivity index (χ1n) is 32.5. The molecule has 3 atom stereocenters. The molecule has 0 rings (SSSR count). The molecule has 0 aromatic heterocycles. The van der Waals surface area contributed by atoms with Crippen molar-refractivity contribution in [3.63, 3.8) is 0 Å². The average molecular weight is 989 g/mol. The molecule has 5 heteroatoms. The van der Waals surface area contributed by atoms with E-state index >= 15 is 0 Å². The number of hydrogen-bond donors (Lipinski definition) is 4. The Morgan fingerprint density at radius 3 is 0.786 bits per heavy atom. The van der Waals surface area contributed by atoms with E-state index in [0.717, 1.165) is 32.1 Å². The van der Waals surface area contributed by atoms with Crippen molar-refractivity contribution in [3.05, 3.63) is 12.2 Å². The highest BCUT2D eigenvalue weighted by Crippen LogP contribution is 2.19. The van der Waals surface area contributed by atoms with Crippen LogP contribution in [0.25, 0.3) is 0 Å². The van der Waals surface area contributed by atoms with Crippen LogP contribution in [0.5, 0.6) is 0 Å². The van der Waals surface area contributed by atoms with Crippen LogP contribution in [0, 0.1) is 0 Å². The summed E-state index contributed by atoms with van der Waals surface area (Å²) in [6, 6.07) is -0.710. The summed E-state index contributed by atoms with van der Waals surface area (Å²) in [7, 11) is 0. The lowest BCUT2D eigenvalue weighted by Crippen LogP contribution is -2.49. The standard InChI is InChI=1S/C65H129NO4/c1-3-5-7-9-11-13-15-17-19-21-23-25-27-29-30-31-32-33-34-35-36-38-40-42-44-46-48-50-52-54-56-58-60-64(69)65(70)66-62(61-67)63(68)59-57-55-53-51-49-47-45-43-41-39-37-28-26-24-22-20-18-16-14-12-10-8-6-4-2/h29-30,62-64,67-69H,3-28,31-61H2,1-2H3,(H,66,70)/b30-29-. The largest absolute Gasteiger partial charge is 0.394 e. The first-order valence-corrected chi connectivity index (χ1v) is 32.5. The molecule has 0 heterocycles. The van der Waals surface area contributed by atoms with Gasteiger partial charge in [-0.2, -0.15) is 0 Å². The zero-order valence-corrected chi connectivity index (χ0v) is 47.9. The van der Waals surface area contributed by atoms with Gasteiger partial charge < -0.3 is 20.6 Å². The number of hydrogen-bond acceptors (Lipinski definition) is 4. The van der Waals surface area contributed by atoms with Crippen LogP contribution in [0.15, 0.2) is 12.2 Å². The summed E-state index contributed by atoms with van der Waals surface area (Å²) >= 11 is 0.